The number of fused-ring (bicyclic) bond motifs is 1. The van der Waals surface area contributed by atoms with Gasteiger partial charge < -0.3 is 4.57 Å². The molecule has 0 radical (unpaired) electrons. The van der Waals surface area contributed by atoms with Crippen molar-refractivity contribution >= 4 is 35.0 Å². The van der Waals surface area contributed by atoms with Crippen LogP contribution in [0.3, 0.4) is 0 Å². The first-order chi connectivity index (χ1) is 14.4. The van der Waals surface area contributed by atoms with Gasteiger partial charge in [-0.05, 0) is 70.5 Å². The molecule has 1 saturated carbocycles. The van der Waals surface area contributed by atoms with E-state index in [1.54, 1.807) is 12.1 Å². The molecular weight excluding hydrogens is 408 g/mol. The minimum Gasteiger partial charge on any atom is -0.343 e. The fourth-order valence-corrected chi connectivity index (χ4v) is 5.69. The van der Waals surface area contributed by atoms with Crippen LogP contribution in [0.15, 0.2) is 41.4 Å². The van der Waals surface area contributed by atoms with Gasteiger partial charge in [0.25, 0.3) is 0 Å². The Morgan fingerprint density at radius 1 is 1.13 bits per heavy atom. The van der Waals surface area contributed by atoms with E-state index in [1.807, 2.05) is 0 Å². The topological polar surface area (TPSA) is 47.9 Å². The Bertz CT molecular complexity index is 1010. The molecule has 0 unspecified atom stereocenters. The van der Waals surface area contributed by atoms with E-state index in [9.17, 15) is 0 Å². The first-order valence-corrected chi connectivity index (χ1v) is 12.6. The van der Waals surface area contributed by atoms with Gasteiger partial charge in [-0.2, -0.15) is 0 Å². The van der Waals surface area contributed by atoms with Crippen LogP contribution < -0.4 is 9.86 Å². The third-order valence-electron chi connectivity index (χ3n) is 6.02. The molecule has 1 aliphatic carbocycles. The summed E-state index contributed by atoms with van der Waals surface area (Å²) in [4.78, 5) is 1.18. The van der Waals surface area contributed by atoms with E-state index < -0.39 is 0 Å². The Hall–Kier alpha value is -1.34. The van der Waals surface area contributed by atoms with Crippen LogP contribution in [0, 0.1) is 12.8 Å². The van der Waals surface area contributed by atoms with E-state index in [1.165, 1.54) is 76.8 Å². The molecule has 1 aliphatic rings. The van der Waals surface area contributed by atoms with E-state index in [0.29, 0.717) is 0 Å². The smallest absolute Gasteiger partial charge is 0.0610 e. The van der Waals surface area contributed by atoms with Gasteiger partial charge in [0, 0.05) is 52.0 Å². The molecule has 1 fully saturated rings. The van der Waals surface area contributed by atoms with Crippen LogP contribution in [0.25, 0.3) is 22.2 Å². The van der Waals surface area contributed by atoms with Crippen LogP contribution in [0.1, 0.15) is 58.6 Å². The molecule has 0 bridgehead atoms. The molecule has 3 N–H and O–H groups in total. The average molecular weight is 443 g/mol. The summed E-state index contributed by atoms with van der Waals surface area (Å²) in [5.41, 5.74) is 5.14. The highest BCUT2D eigenvalue weighted by atomic mass is 32.2. The van der Waals surface area contributed by atoms with Crippen molar-refractivity contribution in [1.29, 1.82) is 0 Å². The summed E-state index contributed by atoms with van der Waals surface area (Å²) in [6.07, 6.45) is 9.10. The summed E-state index contributed by atoms with van der Waals surface area (Å²) in [7, 11) is 0. The van der Waals surface area contributed by atoms with E-state index >= 15 is 0 Å². The standard InChI is InChI=1S/C24H34N4S2/c1-17-23(29-25)14-22(27(17)15-18-10-6-5-7-11-18)20-16-28(30-26-24(2,3)4)21-13-9-8-12-19(20)21/h8-9,12-14,16,18,26H,5-7,10-11,15,25H2,1-4H3. The second kappa shape index (κ2) is 9.03. The minimum absolute atomic E-state index is 0.0390. The lowest BCUT2D eigenvalue weighted by Gasteiger charge is -2.24. The molecule has 0 spiro atoms. The Morgan fingerprint density at radius 3 is 2.57 bits per heavy atom. The van der Waals surface area contributed by atoms with Crippen LogP contribution in [0.4, 0.5) is 0 Å². The fraction of sp³-hybridized carbons (Fsp3) is 0.500. The molecule has 4 rings (SSSR count). The van der Waals surface area contributed by atoms with Crippen LogP contribution in [0.2, 0.25) is 0 Å². The molecule has 4 nitrogen and oxygen atoms in total. The maximum absolute atomic E-state index is 6.04. The Labute approximate surface area is 189 Å². The molecule has 2 heterocycles. The summed E-state index contributed by atoms with van der Waals surface area (Å²) in [5.74, 6) is 0.768. The molecule has 1 aromatic carbocycles. The number of nitrogens with zero attached hydrogens (tertiary/aromatic N) is 2. The second-order valence-corrected chi connectivity index (χ2v) is 11.0. The first kappa shape index (κ1) is 21.9. The van der Waals surface area contributed by atoms with Gasteiger partial charge in [-0.25, -0.2) is 4.72 Å². The van der Waals surface area contributed by atoms with Crippen molar-refractivity contribution in [3.05, 3.63) is 42.2 Å². The van der Waals surface area contributed by atoms with Gasteiger partial charge in [0.2, 0.25) is 0 Å². The van der Waals surface area contributed by atoms with E-state index in [-0.39, 0.29) is 5.54 Å². The van der Waals surface area contributed by atoms with Crippen molar-refractivity contribution in [2.24, 2.45) is 11.1 Å². The fourth-order valence-electron chi connectivity index (χ4n) is 4.44. The molecule has 0 aliphatic heterocycles. The number of benzene rings is 1. The number of nitrogens with one attached hydrogen (secondary N) is 1. The zero-order valence-electron chi connectivity index (χ0n) is 18.6. The van der Waals surface area contributed by atoms with Gasteiger partial charge in [0.15, 0.2) is 0 Å². The number of hydrogen-bond acceptors (Lipinski definition) is 4. The summed E-state index contributed by atoms with van der Waals surface area (Å²) in [6.45, 7) is 9.88. The molecule has 0 atom stereocenters. The summed E-state index contributed by atoms with van der Waals surface area (Å²) in [5, 5.41) is 7.33. The Balaban J connectivity index is 1.77. The van der Waals surface area contributed by atoms with Crippen LogP contribution in [0.5, 0.6) is 0 Å². The van der Waals surface area contributed by atoms with Crippen LogP contribution in [-0.2, 0) is 6.54 Å². The molecule has 3 aromatic rings. The summed E-state index contributed by atoms with van der Waals surface area (Å²) in [6, 6.07) is 11.0. The van der Waals surface area contributed by atoms with Gasteiger partial charge >= 0.3 is 0 Å². The molecule has 6 heteroatoms. The van der Waals surface area contributed by atoms with Gasteiger partial charge in [0.05, 0.1) is 11.2 Å². The number of aromatic nitrogens is 2. The highest BCUT2D eigenvalue weighted by Crippen LogP contribution is 2.38. The minimum atomic E-state index is 0.0390. The Kier molecular flexibility index (Phi) is 6.58. The third-order valence-corrected chi connectivity index (χ3v) is 7.89. The predicted molar refractivity (Wildman–Crippen MR) is 133 cm³/mol. The molecule has 2 aromatic heterocycles. The number of para-hydroxylation sites is 1. The molecular formula is C24H34N4S2. The molecule has 30 heavy (non-hydrogen) atoms. The second-order valence-electron chi connectivity index (χ2n) is 9.54. The lowest BCUT2D eigenvalue weighted by atomic mass is 9.89. The zero-order chi connectivity index (χ0) is 21.3. The molecule has 0 amide bonds. The first-order valence-electron chi connectivity index (χ1n) is 11.0. The lowest BCUT2D eigenvalue weighted by molar-refractivity contribution is 0.318. The van der Waals surface area contributed by atoms with Crippen molar-refractivity contribution in [2.45, 2.75) is 76.8 Å². The van der Waals surface area contributed by atoms with Crippen molar-refractivity contribution in [3.8, 4) is 11.3 Å². The van der Waals surface area contributed by atoms with Gasteiger partial charge in [-0.1, -0.05) is 37.5 Å². The quantitative estimate of drug-likeness (QED) is 0.414. The van der Waals surface area contributed by atoms with Crippen LogP contribution >= 0.6 is 24.1 Å². The van der Waals surface area contributed by atoms with Crippen molar-refractivity contribution in [2.75, 3.05) is 0 Å². The summed E-state index contributed by atoms with van der Waals surface area (Å²) < 4.78 is 8.34. The van der Waals surface area contributed by atoms with Crippen LogP contribution in [-0.4, -0.2) is 14.1 Å². The van der Waals surface area contributed by atoms with Crippen molar-refractivity contribution < 1.29 is 0 Å². The van der Waals surface area contributed by atoms with Gasteiger partial charge in [-0.15, -0.1) is 0 Å². The highest BCUT2D eigenvalue weighted by Gasteiger charge is 2.22. The average Bonchev–Trinajstić information content (AvgIpc) is 3.25. The zero-order valence-corrected chi connectivity index (χ0v) is 20.2. The van der Waals surface area contributed by atoms with E-state index in [0.717, 1.165) is 12.5 Å². The van der Waals surface area contributed by atoms with Gasteiger partial charge in [-0.3, -0.25) is 9.11 Å². The number of hydrogen-bond donors (Lipinski definition) is 2. The number of rotatable bonds is 6. The Morgan fingerprint density at radius 2 is 1.87 bits per heavy atom. The highest BCUT2D eigenvalue weighted by molar-refractivity contribution is 7.97. The molecule has 0 saturated heterocycles. The van der Waals surface area contributed by atoms with Crippen molar-refractivity contribution in [1.82, 2.24) is 13.3 Å². The maximum Gasteiger partial charge on any atom is 0.0610 e. The van der Waals surface area contributed by atoms with Gasteiger partial charge in [0.1, 0.15) is 0 Å². The lowest BCUT2D eigenvalue weighted by Crippen LogP contribution is -2.30. The largest absolute Gasteiger partial charge is 0.343 e. The van der Waals surface area contributed by atoms with E-state index in [2.05, 4.69) is 77.5 Å². The number of nitrogens with two attached hydrogens (primary N) is 1. The normalized spacial score (nSPS) is 15.9. The molecule has 162 valence electrons. The maximum atomic E-state index is 6.04. The van der Waals surface area contributed by atoms with E-state index in [4.69, 9.17) is 5.14 Å². The SMILES string of the molecule is Cc1c(SN)cc(-c2cn(SNC(C)(C)C)c3ccccc23)n1CC1CCCCC1. The third kappa shape index (κ3) is 4.62. The predicted octanol–water partition coefficient (Wildman–Crippen LogP) is 6.76. The van der Waals surface area contributed by atoms with Crippen molar-refractivity contribution in [3.63, 3.8) is 0 Å². The monoisotopic (exact) mass is 442 g/mol. The summed E-state index contributed by atoms with van der Waals surface area (Å²) >= 11 is 3.03.